The van der Waals surface area contributed by atoms with Gasteiger partial charge in [-0.2, -0.15) is 0 Å². The molecule has 0 atom stereocenters. The van der Waals surface area contributed by atoms with Crippen LogP contribution in [0.4, 0.5) is 0 Å². The Balaban J connectivity index is 1.90. The number of hydrogen-bond donors (Lipinski definition) is 1. The van der Waals surface area contributed by atoms with Crippen molar-refractivity contribution in [1.82, 2.24) is 19.9 Å². The van der Waals surface area contributed by atoms with E-state index in [0.29, 0.717) is 16.6 Å². The number of amides is 1. The Morgan fingerprint density at radius 1 is 1.03 bits per heavy atom. The molecular formula is C25H22N4O3. The second kappa shape index (κ2) is 8.55. The van der Waals surface area contributed by atoms with Gasteiger partial charge in [-0.1, -0.05) is 12.1 Å². The van der Waals surface area contributed by atoms with Crippen molar-refractivity contribution in [3.05, 3.63) is 88.6 Å². The molecule has 4 aromatic rings. The SMILES string of the molecule is CC(=O)c1cncc(-c2cccc(-n3cc(C(=O)NC(C)C)c(=O)c4cccnc43)c2)c1. The lowest BCUT2D eigenvalue weighted by atomic mass is 10.0. The highest BCUT2D eigenvalue weighted by Crippen LogP contribution is 2.24. The van der Waals surface area contributed by atoms with Gasteiger partial charge in [0.25, 0.3) is 5.91 Å². The lowest BCUT2D eigenvalue weighted by Gasteiger charge is -2.15. The van der Waals surface area contributed by atoms with Crippen molar-refractivity contribution in [2.75, 3.05) is 0 Å². The van der Waals surface area contributed by atoms with Crippen LogP contribution in [-0.2, 0) is 0 Å². The van der Waals surface area contributed by atoms with Gasteiger partial charge in [0.05, 0.1) is 5.39 Å². The highest BCUT2D eigenvalue weighted by atomic mass is 16.2. The molecule has 0 spiro atoms. The van der Waals surface area contributed by atoms with Crippen LogP contribution in [0, 0.1) is 0 Å². The molecule has 0 saturated heterocycles. The van der Waals surface area contributed by atoms with E-state index in [-0.39, 0.29) is 22.8 Å². The third-order valence-electron chi connectivity index (χ3n) is 5.03. The Morgan fingerprint density at radius 3 is 2.59 bits per heavy atom. The largest absolute Gasteiger partial charge is 0.350 e. The standard InChI is InChI=1S/C25H22N4O3/c1-15(2)28-25(32)22-14-29(24-21(23(22)31)8-5-9-27-24)20-7-4-6-17(11-20)19-10-18(16(3)30)12-26-13-19/h4-15H,1-3H3,(H,28,32). The maximum Gasteiger partial charge on any atom is 0.256 e. The number of carbonyl (C=O) groups is 2. The van der Waals surface area contributed by atoms with Gasteiger partial charge in [0.1, 0.15) is 11.2 Å². The van der Waals surface area contributed by atoms with Crippen LogP contribution in [0.15, 0.2) is 72.0 Å². The number of carbonyl (C=O) groups excluding carboxylic acids is 2. The van der Waals surface area contributed by atoms with Crippen molar-refractivity contribution in [3.63, 3.8) is 0 Å². The van der Waals surface area contributed by atoms with E-state index in [9.17, 15) is 14.4 Å². The second-order valence-corrected chi connectivity index (χ2v) is 7.81. The Bertz CT molecular complexity index is 1410. The number of ketones is 1. The summed E-state index contributed by atoms with van der Waals surface area (Å²) in [5.74, 6) is -0.495. The van der Waals surface area contributed by atoms with Crippen molar-refractivity contribution >= 4 is 22.7 Å². The molecule has 0 aliphatic carbocycles. The lowest BCUT2D eigenvalue weighted by molar-refractivity contribution is 0.0940. The minimum atomic E-state index is -0.431. The Hall–Kier alpha value is -4.13. The van der Waals surface area contributed by atoms with E-state index in [1.165, 1.54) is 19.3 Å². The monoisotopic (exact) mass is 426 g/mol. The number of rotatable bonds is 5. The van der Waals surface area contributed by atoms with Crippen LogP contribution in [0.3, 0.4) is 0 Å². The topological polar surface area (TPSA) is 94.0 Å². The van der Waals surface area contributed by atoms with Crippen LogP contribution in [0.1, 0.15) is 41.5 Å². The smallest absolute Gasteiger partial charge is 0.256 e. The van der Waals surface area contributed by atoms with Gasteiger partial charge in [-0.3, -0.25) is 19.4 Å². The van der Waals surface area contributed by atoms with Gasteiger partial charge in [-0.15, -0.1) is 0 Å². The van der Waals surface area contributed by atoms with Crippen molar-refractivity contribution in [3.8, 4) is 16.8 Å². The van der Waals surface area contributed by atoms with Gasteiger partial charge in [-0.05, 0) is 56.7 Å². The molecule has 1 N–H and O–H groups in total. The maximum atomic E-state index is 13.0. The zero-order valence-corrected chi connectivity index (χ0v) is 18.0. The normalized spacial score (nSPS) is 11.0. The molecule has 0 aliphatic heterocycles. The van der Waals surface area contributed by atoms with Gasteiger partial charge in [0.2, 0.25) is 5.43 Å². The molecule has 0 bridgehead atoms. The summed E-state index contributed by atoms with van der Waals surface area (Å²) in [4.78, 5) is 46.0. The fourth-order valence-corrected chi connectivity index (χ4v) is 3.48. The molecule has 7 heteroatoms. The average molecular weight is 426 g/mol. The summed E-state index contributed by atoms with van der Waals surface area (Å²) in [6.45, 7) is 5.18. The fraction of sp³-hybridized carbons (Fsp3) is 0.160. The van der Waals surface area contributed by atoms with E-state index in [4.69, 9.17) is 0 Å². The van der Waals surface area contributed by atoms with E-state index >= 15 is 0 Å². The fourth-order valence-electron chi connectivity index (χ4n) is 3.48. The van der Waals surface area contributed by atoms with Crippen molar-refractivity contribution in [2.24, 2.45) is 0 Å². The van der Waals surface area contributed by atoms with Gasteiger partial charge in [-0.25, -0.2) is 4.98 Å². The number of Topliss-reactive ketones (excluding diaryl/α,β-unsaturated/α-hetero) is 1. The van der Waals surface area contributed by atoms with E-state index in [2.05, 4.69) is 15.3 Å². The van der Waals surface area contributed by atoms with Crippen molar-refractivity contribution in [2.45, 2.75) is 26.8 Å². The molecule has 0 radical (unpaired) electrons. The first kappa shape index (κ1) is 21.1. The molecule has 3 heterocycles. The predicted molar refractivity (Wildman–Crippen MR) is 123 cm³/mol. The summed E-state index contributed by atoms with van der Waals surface area (Å²) < 4.78 is 1.73. The second-order valence-electron chi connectivity index (χ2n) is 7.81. The summed E-state index contributed by atoms with van der Waals surface area (Å²) in [5.41, 5.74) is 3.01. The molecule has 32 heavy (non-hydrogen) atoms. The Morgan fingerprint density at radius 2 is 1.84 bits per heavy atom. The summed E-state index contributed by atoms with van der Waals surface area (Å²) in [7, 11) is 0. The zero-order valence-electron chi connectivity index (χ0n) is 18.0. The lowest BCUT2D eigenvalue weighted by Crippen LogP contribution is -2.34. The van der Waals surface area contributed by atoms with Crippen molar-refractivity contribution in [1.29, 1.82) is 0 Å². The predicted octanol–water partition coefficient (Wildman–Crippen LogP) is 3.79. The van der Waals surface area contributed by atoms with E-state index < -0.39 is 5.91 Å². The number of nitrogens with zero attached hydrogens (tertiary/aromatic N) is 3. The summed E-state index contributed by atoms with van der Waals surface area (Å²) in [6, 6.07) is 12.6. The number of aromatic nitrogens is 3. The minimum absolute atomic E-state index is 0.0462. The highest BCUT2D eigenvalue weighted by Gasteiger charge is 2.17. The molecule has 0 aliphatic rings. The first-order valence-electron chi connectivity index (χ1n) is 10.2. The molecule has 0 saturated carbocycles. The molecule has 0 fully saturated rings. The third-order valence-corrected chi connectivity index (χ3v) is 5.03. The molecule has 4 rings (SSSR count). The summed E-state index contributed by atoms with van der Waals surface area (Å²) in [5, 5.41) is 3.14. The average Bonchev–Trinajstić information content (AvgIpc) is 2.79. The van der Waals surface area contributed by atoms with E-state index in [1.54, 1.807) is 35.2 Å². The van der Waals surface area contributed by atoms with Crippen molar-refractivity contribution < 1.29 is 9.59 Å². The number of nitrogens with one attached hydrogen (secondary N) is 1. The van der Waals surface area contributed by atoms with Gasteiger partial charge >= 0.3 is 0 Å². The van der Waals surface area contributed by atoms with E-state index in [1.807, 2.05) is 38.1 Å². The highest BCUT2D eigenvalue weighted by molar-refractivity contribution is 5.97. The first-order valence-corrected chi connectivity index (χ1v) is 10.2. The zero-order chi connectivity index (χ0) is 22.8. The third kappa shape index (κ3) is 4.05. The van der Waals surface area contributed by atoms with Gasteiger partial charge in [0, 0.05) is 47.6 Å². The Kier molecular flexibility index (Phi) is 5.64. The molecule has 1 amide bonds. The number of hydrogen-bond acceptors (Lipinski definition) is 5. The quantitative estimate of drug-likeness (QED) is 0.490. The molecule has 0 unspecified atom stereocenters. The van der Waals surface area contributed by atoms with Crippen LogP contribution >= 0.6 is 0 Å². The first-order chi connectivity index (χ1) is 15.3. The molecule has 1 aromatic carbocycles. The van der Waals surface area contributed by atoms with Crippen LogP contribution in [0.2, 0.25) is 0 Å². The van der Waals surface area contributed by atoms with E-state index in [0.717, 1.165) is 16.8 Å². The summed E-state index contributed by atoms with van der Waals surface area (Å²) in [6.07, 6.45) is 6.36. The number of fused-ring (bicyclic) bond motifs is 1. The molecule has 3 aromatic heterocycles. The molecular weight excluding hydrogens is 404 g/mol. The van der Waals surface area contributed by atoms with Crippen LogP contribution in [-0.4, -0.2) is 32.3 Å². The maximum absolute atomic E-state index is 13.0. The summed E-state index contributed by atoms with van der Waals surface area (Å²) >= 11 is 0. The molecule has 7 nitrogen and oxygen atoms in total. The minimum Gasteiger partial charge on any atom is -0.350 e. The van der Waals surface area contributed by atoms with Crippen LogP contribution in [0.5, 0.6) is 0 Å². The van der Waals surface area contributed by atoms with Gasteiger partial charge < -0.3 is 9.88 Å². The Labute approximate surface area is 184 Å². The molecule has 160 valence electrons. The van der Waals surface area contributed by atoms with Gasteiger partial charge in [0.15, 0.2) is 5.78 Å². The number of benzene rings is 1. The number of pyridine rings is 3. The van der Waals surface area contributed by atoms with Crippen LogP contribution in [0.25, 0.3) is 27.8 Å². The van der Waals surface area contributed by atoms with Crippen LogP contribution < -0.4 is 10.7 Å².